The van der Waals surface area contributed by atoms with Crippen molar-refractivity contribution in [1.82, 2.24) is 4.31 Å². The normalized spacial score (nSPS) is 17.2. The molecule has 3 aromatic carbocycles. The molecule has 2 amide bonds. The number of imide groups is 1. The Morgan fingerprint density at radius 3 is 2.09 bits per heavy atom. The van der Waals surface area contributed by atoms with Gasteiger partial charge in [-0.1, -0.05) is 48.5 Å². The highest BCUT2D eigenvalue weighted by molar-refractivity contribution is 7.89. The number of carbonyl (C=O) groups excluding carboxylic acids is 2. The summed E-state index contributed by atoms with van der Waals surface area (Å²) in [5.74, 6) is -1.12. The quantitative estimate of drug-likeness (QED) is 0.524. The van der Waals surface area contributed by atoms with Gasteiger partial charge in [0.15, 0.2) is 0 Å². The lowest BCUT2D eigenvalue weighted by Gasteiger charge is -2.32. The van der Waals surface area contributed by atoms with Gasteiger partial charge in [0.1, 0.15) is 6.04 Å². The van der Waals surface area contributed by atoms with E-state index in [-0.39, 0.29) is 11.3 Å². The molecule has 1 saturated heterocycles. The van der Waals surface area contributed by atoms with Crippen LogP contribution in [0.15, 0.2) is 89.8 Å². The second-order valence-corrected chi connectivity index (χ2v) is 9.52. The van der Waals surface area contributed by atoms with Gasteiger partial charge < -0.3 is 0 Å². The number of rotatable bonds is 6. The number of carbonyl (C=O) groups is 2. The van der Waals surface area contributed by atoms with E-state index >= 15 is 0 Å². The first kappa shape index (κ1) is 22.4. The van der Waals surface area contributed by atoms with Crippen LogP contribution >= 0.6 is 0 Å². The number of hydrogen-bond acceptors (Lipinski definition) is 5. The molecule has 3 aromatic rings. The Labute approximate surface area is 192 Å². The molecule has 166 valence electrons. The van der Waals surface area contributed by atoms with Crippen LogP contribution in [0.4, 0.5) is 5.69 Å². The minimum absolute atomic E-state index is 0.0462. The third-order valence-electron chi connectivity index (χ3n) is 5.67. The van der Waals surface area contributed by atoms with E-state index in [0.29, 0.717) is 16.8 Å². The zero-order chi connectivity index (χ0) is 23.6. The third-order valence-corrected chi connectivity index (χ3v) is 7.66. The van der Waals surface area contributed by atoms with Crippen LogP contribution in [0, 0.1) is 11.3 Å². The molecule has 2 unspecified atom stereocenters. The fourth-order valence-corrected chi connectivity index (χ4v) is 5.79. The molecule has 0 N–H and O–H groups in total. The molecule has 0 spiro atoms. The summed E-state index contributed by atoms with van der Waals surface area (Å²) in [6.45, 7) is 1.71. The molecule has 8 heteroatoms. The fraction of sp³-hybridized carbons (Fsp3) is 0.160. The monoisotopic (exact) mass is 459 g/mol. The largest absolute Gasteiger partial charge is 0.274 e. The maximum absolute atomic E-state index is 13.7. The maximum atomic E-state index is 13.7. The molecular formula is C25H21N3O4S. The van der Waals surface area contributed by atoms with E-state index in [9.17, 15) is 18.0 Å². The van der Waals surface area contributed by atoms with Crippen molar-refractivity contribution in [2.45, 2.75) is 30.3 Å². The van der Waals surface area contributed by atoms with Gasteiger partial charge >= 0.3 is 0 Å². The van der Waals surface area contributed by atoms with Gasteiger partial charge in [0.05, 0.1) is 28.6 Å². The molecule has 1 aliphatic heterocycles. The Kier molecular flexibility index (Phi) is 6.09. The highest BCUT2D eigenvalue weighted by atomic mass is 32.2. The minimum Gasteiger partial charge on any atom is -0.274 e. The summed E-state index contributed by atoms with van der Waals surface area (Å²) in [5.41, 5.74) is 1.39. The molecule has 0 bridgehead atoms. The predicted octanol–water partition coefficient (Wildman–Crippen LogP) is 3.64. The molecule has 7 nitrogen and oxygen atoms in total. The van der Waals surface area contributed by atoms with E-state index in [1.54, 1.807) is 49.4 Å². The molecule has 1 aliphatic rings. The van der Waals surface area contributed by atoms with E-state index in [2.05, 4.69) is 0 Å². The average Bonchev–Trinajstić information content (AvgIpc) is 3.13. The van der Waals surface area contributed by atoms with Crippen LogP contribution in [0.2, 0.25) is 0 Å². The van der Waals surface area contributed by atoms with Gasteiger partial charge in [-0.15, -0.1) is 0 Å². The van der Waals surface area contributed by atoms with E-state index in [1.807, 2.05) is 12.1 Å². The van der Waals surface area contributed by atoms with Crippen LogP contribution < -0.4 is 4.90 Å². The first-order chi connectivity index (χ1) is 15.8. The maximum Gasteiger partial charge on any atom is 0.252 e. The molecule has 2 atom stereocenters. The van der Waals surface area contributed by atoms with Gasteiger partial charge in [0.25, 0.3) is 5.91 Å². The Hall–Kier alpha value is -3.80. The Morgan fingerprint density at radius 1 is 0.939 bits per heavy atom. The highest BCUT2D eigenvalue weighted by Gasteiger charge is 2.48. The van der Waals surface area contributed by atoms with Gasteiger partial charge in [-0.3, -0.25) is 9.59 Å². The van der Waals surface area contributed by atoms with Crippen LogP contribution in [0.25, 0.3) is 0 Å². The van der Waals surface area contributed by atoms with Crippen molar-refractivity contribution in [3.8, 4) is 6.07 Å². The number of sulfonamides is 1. The Bertz CT molecular complexity index is 1320. The van der Waals surface area contributed by atoms with Crippen molar-refractivity contribution in [1.29, 1.82) is 5.26 Å². The smallest absolute Gasteiger partial charge is 0.252 e. The summed E-state index contributed by atoms with van der Waals surface area (Å²) >= 11 is 0. The molecule has 33 heavy (non-hydrogen) atoms. The zero-order valence-corrected chi connectivity index (χ0v) is 18.6. The molecule has 4 rings (SSSR count). The van der Waals surface area contributed by atoms with Crippen molar-refractivity contribution < 1.29 is 18.0 Å². The van der Waals surface area contributed by atoms with Crippen molar-refractivity contribution >= 4 is 27.5 Å². The van der Waals surface area contributed by atoms with Gasteiger partial charge in [0, 0.05) is 6.04 Å². The number of anilines is 1. The second-order valence-electron chi connectivity index (χ2n) is 7.68. The average molecular weight is 460 g/mol. The van der Waals surface area contributed by atoms with Gasteiger partial charge in [-0.25, -0.2) is 13.3 Å². The summed E-state index contributed by atoms with van der Waals surface area (Å²) < 4.78 is 28.6. The molecule has 0 radical (unpaired) electrons. The standard InChI is InChI=1S/C25H21N3O4S/c1-18(20-8-4-2-5-9-20)28(33(31,32)22-10-6-3-7-11-22)23-16-24(29)27(25(23)30)21-14-12-19(17-26)13-15-21/h2-15,18,23H,16H2,1H3. The minimum atomic E-state index is -4.11. The highest BCUT2D eigenvalue weighted by Crippen LogP contribution is 2.35. The van der Waals surface area contributed by atoms with Crippen LogP contribution in [-0.4, -0.2) is 30.6 Å². The summed E-state index contributed by atoms with van der Waals surface area (Å²) in [7, 11) is -4.11. The van der Waals surface area contributed by atoms with E-state index < -0.39 is 33.9 Å². The number of hydrogen-bond donors (Lipinski definition) is 0. The SMILES string of the molecule is CC(c1ccccc1)N(C1CC(=O)N(c2ccc(C#N)cc2)C1=O)S(=O)(=O)c1ccccc1. The van der Waals surface area contributed by atoms with Crippen LogP contribution in [0.1, 0.15) is 30.5 Å². The number of nitrogens with zero attached hydrogens (tertiary/aromatic N) is 3. The lowest BCUT2D eigenvalue weighted by atomic mass is 10.1. The molecule has 0 aliphatic carbocycles. The predicted molar refractivity (Wildman–Crippen MR) is 122 cm³/mol. The lowest BCUT2D eigenvalue weighted by molar-refractivity contribution is -0.122. The second kappa shape index (κ2) is 8.98. The first-order valence-electron chi connectivity index (χ1n) is 10.3. The molecule has 1 fully saturated rings. The molecule has 0 saturated carbocycles. The van der Waals surface area contributed by atoms with Gasteiger partial charge in [-0.05, 0) is 48.9 Å². The summed E-state index contributed by atoms with van der Waals surface area (Å²) in [6, 6.07) is 23.0. The topological polar surface area (TPSA) is 98.5 Å². The zero-order valence-electron chi connectivity index (χ0n) is 17.8. The van der Waals surface area contributed by atoms with Crippen molar-refractivity contribution in [2.75, 3.05) is 4.90 Å². The molecule has 1 heterocycles. The number of amides is 2. The van der Waals surface area contributed by atoms with E-state index in [4.69, 9.17) is 5.26 Å². The van der Waals surface area contributed by atoms with Crippen LogP contribution in [0.3, 0.4) is 0 Å². The third kappa shape index (κ3) is 4.16. The van der Waals surface area contributed by atoms with Crippen molar-refractivity contribution in [2.24, 2.45) is 0 Å². The summed E-state index contributed by atoms with van der Waals surface area (Å²) in [5, 5.41) is 9.01. The first-order valence-corrected chi connectivity index (χ1v) is 11.8. The number of nitriles is 1. The van der Waals surface area contributed by atoms with Gasteiger partial charge in [0.2, 0.25) is 15.9 Å². The lowest BCUT2D eigenvalue weighted by Crippen LogP contribution is -2.46. The Balaban J connectivity index is 1.78. The number of benzene rings is 3. The van der Waals surface area contributed by atoms with Crippen molar-refractivity contribution in [3.63, 3.8) is 0 Å². The van der Waals surface area contributed by atoms with Crippen LogP contribution in [-0.2, 0) is 19.6 Å². The van der Waals surface area contributed by atoms with E-state index in [1.165, 1.54) is 36.4 Å². The molecular weight excluding hydrogens is 438 g/mol. The fourth-order valence-electron chi connectivity index (χ4n) is 4.01. The summed E-state index contributed by atoms with van der Waals surface area (Å²) in [6.07, 6.45) is -0.276. The van der Waals surface area contributed by atoms with E-state index in [0.717, 1.165) is 9.21 Å². The Morgan fingerprint density at radius 2 is 1.52 bits per heavy atom. The summed E-state index contributed by atoms with van der Waals surface area (Å²) in [4.78, 5) is 27.4. The van der Waals surface area contributed by atoms with Gasteiger partial charge in [-0.2, -0.15) is 9.57 Å². The van der Waals surface area contributed by atoms with Crippen molar-refractivity contribution in [3.05, 3.63) is 96.1 Å². The molecule has 0 aromatic heterocycles. The van der Waals surface area contributed by atoms with Crippen LogP contribution in [0.5, 0.6) is 0 Å².